The second-order valence-electron chi connectivity index (χ2n) is 2.74. The van der Waals surface area contributed by atoms with Crippen LogP contribution in [0.2, 0.25) is 0 Å². The summed E-state index contributed by atoms with van der Waals surface area (Å²) in [5.74, 6) is 1.99. The van der Waals surface area contributed by atoms with Gasteiger partial charge < -0.3 is 19.9 Å². The van der Waals surface area contributed by atoms with Gasteiger partial charge in [-0.15, -0.1) is 0 Å². The maximum Gasteiger partial charge on any atom is 0.203 e. The number of ether oxygens (including phenoxy) is 3. The molecule has 0 radical (unpaired) electrons. The highest BCUT2D eigenvalue weighted by Crippen LogP contribution is 2.39. The molecule has 0 aliphatic carbocycles. The van der Waals surface area contributed by atoms with Gasteiger partial charge in [0.1, 0.15) is 6.54 Å². The summed E-state index contributed by atoms with van der Waals surface area (Å²) in [5, 5.41) is 0. The van der Waals surface area contributed by atoms with Crippen LogP contribution in [0.15, 0.2) is 12.1 Å². The molecule has 1 aromatic carbocycles. The van der Waals surface area contributed by atoms with E-state index in [1.807, 2.05) is 12.1 Å². The molecule has 0 bridgehead atoms. The molecule has 0 atom stereocenters. The first-order valence-electron chi connectivity index (χ1n) is 4.35. The SMILES string of the molecule is COc1ccc(C[NH3+])c(OC)c1OC. The summed E-state index contributed by atoms with van der Waals surface area (Å²) in [4.78, 5) is 0. The highest BCUT2D eigenvalue weighted by atomic mass is 16.5. The summed E-state index contributed by atoms with van der Waals surface area (Å²) >= 11 is 0. The van der Waals surface area contributed by atoms with E-state index in [1.54, 1.807) is 21.3 Å². The average molecular weight is 198 g/mol. The molecule has 1 aromatic rings. The molecule has 78 valence electrons. The molecule has 0 fully saturated rings. The van der Waals surface area contributed by atoms with Crippen LogP contribution in [0.4, 0.5) is 0 Å². The lowest BCUT2D eigenvalue weighted by atomic mass is 10.1. The highest BCUT2D eigenvalue weighted by molar-refractivity contribution is 5.55. The van der Waals surface area contributed by atoms with Crippen molar-refractivity contribution in [3.8, 4) is 17.2 Å². The zero-order valence-electron chi connectivity index (χ0n) is 8.79. The van der Waals surface area contributed by atoms with Crippen molar-refractivity contribution < 1.29 is 19.9 Å². The van der Waals surface area contributed by atoms with Crippen molar-refractivity contribution in [3.63, 3.8) is 0 Å². The highest BCUT2D eigenvalue weighted by Gasteiger charge is 2.15. The average Bonchev–Trinajstić information content (AvgIpc) is 2.26. The maximum atomic E-state index is 5.26. The van der Waals surface area contributed by atoms with Gasteiger partial charge in [-0.3, -0.25) is 0 Å². The predicted octanol–water partition coefficient (Wildman–Crippen LogP) is 0.454. The maximum absolute atomic E-state index is 5.26. The largest absolute Gasteiger partial charge is 0.493 e. The molecule has 0 saturated heterocycles. The van der Waals surface area contributed by atoms with E-state index in [1.165, 1.54) is 0 Å². The van der Waals surface area contributed by atoms with Crippen molar-refractivity contribution in [1.82, 2.24) is 0 Å². The van der Waals surface area contributed by atoms with Gasteiger partial charge in [-0.2, -0.15) is 0 Å². The Labute approximate surface area is 83.6 Å². The third-order valence-electron chi connectivity index (χ3n) is 2.06. The molecule has 14 heavy (non-hydrogen) atoms. The molecule has 0 heterocycles. The molecule has 0 spiro atoms. The lowest BCUT2D eigenvalue weighted by molar-refractivity contribution is -0.386. The van der Waals surface area contributed by atoms with Crippen LogP contribution in [0.3, 0.4) is 0 Å². The zero-order valence-corrected chi connectivity index (χ0v) is 8.79. The van der Waals surface area contributed by atoms with Gasteiger partial charge in [-0.05, 0) is 12.1 Å². The van der Waals surface area contributed by atoms with Crippen LogP contribution in [-0.2, 0) is 6.54 Å². The van der Waals surface area contributed by atoms with Crippen LogP contribution >= 0.6 is 0 Å². The van der Waals surface area contributed by atoms with Crippen molar-refractivity contribution in [2.45, 2.75) is 6.54 Å². The number of methoxy groups -OCH3 is 3. The molecule has 0 aromatic heterocycles. The second kappa shape index (κ2) is 4.72. The summed E-state index contributed by atoms with van der Waals surface area (Å²) in [6.07, 6.45) is 0. The number of benzene rings is 1. The third kappa shape index (κ3) is 1.75. The van der Waals surface area contributed by atoms with Gasteiger partial charge in [0.2, 0.25) is 5.75 Å². The quantitative estimate of drug-likeness (QED) is 0.764. The van der Waals surface area contributed by atoms with Gasteiger partial charge in [0, 0.05) is 0 Å². The monoisotopic (exact) mass is 198 g/mol. The Morgan fingerprint density at radius 3 is 2.07 bits per heavy atom. The van der Waals surface area contributed by atoms with Gasteiger partial charge in [-0.1, -0.05) is 0 Å². The second-order valence-corrected chi connectivity index (χ2v) is 2.74. The molecule has 0 saturated carbocycles. The summed E-state index contributed by atoms with van der Waals surface area (Å²) in [6.45, 7) is 0.656. The number of rotatable bonds is 4. The topological polar surface area (TPSA) is 55.3 Å². The minimum absolute atomic E-state index is 0.621. The molecule has 1 rings (SSSR count). The van der Waals surface area contributed by atoms with Crippen LogP contribution in [0.25, 0.3) is 0 Å². The summed E-state index contributed by atoms with van der Waals surface area (Å²) in [5.41, 5.74) is 4.82. The molecular formula is C10H16NO3+. The van der Waals surface area contributed by atoms with Gasteiger partial charge >= 0.3 is 0 Å². The van der Waals surface area contributed by atoms with Gasteiger partial charge in [0.15, 0.2) is 11.5 Å². The van der Waals surface area contributed by atoms with Crippen molar-refractivity contribution in [2.75, 3.05) is 21.3 Å². The van der Waals surface area contributed by atoms with E-state index in [0.717, 1.165) is 5.56 Å². The van der Waals surface area contributed by atoms with Crippen molar-refractivity contribution in [1.29, 1.82) is 0 Å². The Bertz CT molecular complexity index is 281. The Balaban J connectivity index is 3.28. The molecular weight excluding hydrogens is 182 g/mol. The molecule has 4 heteroatoms. The van der Waals surface area contributed by atoms with E-state index in [0.29, 0.717) is 23.8 Å². The van der Waals surface area contributed by atoms with Crippen molar-refractivity contribution in [3.05, 3.63) is 17.7 Å². The van der Waals surface area contributed by atoms with Gasteiger partial charge in [0.05, 0.1) is 26.9 Å². The fourth-order valence-corrected chi connectivity index (χ4v) is 1.36. The van der Waals surface area contributed by atoms with Crippen molar-refractivity contribution >= 4 is 0 Å². The van der Waals surface area contributed by atoms with E-state index in [9.17, 15) is 0 Å². The van der Waals surface area contributed by atoms with Crippen LogP contribution in [-0.4, -0.2) is 21.3 Å². The fourth-order valence-electron chi connectivity index (χ4n) is 1.36. The Hall–Kier alpha value is -1.42. The van der Waals surface area contributed by atoms with Crippen LogP contribution in [0, 0.1) is 0 Å². The summed E-state index contributed by atoms with van der Waals surface area (Å²) in [7, 11) is 4.80. The molecule has 0 aliphatic heterocycles. The lowest BCUT2D eigenvalue weighted by Gasteiger charge is -2.13. The first kappa shape index (κ1) is 10.7. The van der Waals surface area contributed by atoms with E-state index < -0.39 is 0 Å². The van der Waals surface area contributed by atoms with E-state index in [-0.39, 0.29) is 0 Å². The minimum atomic E-state index is 0.621. The normalized spacial score (nSPS) is 9.71. The van der Waals surface area contributed by atoms with Crippen LogP contribution < -0.4 is 19.9 Å². The number of quaternary nitrogens is 1. The third-order valence-corrected chi connectivity index (χ3v) is 2.06. The lowest BCUT2D eigenvalue weighted by Crippen LogP contribution is -2.47. The van der Waals surface area contributed by atoms with Crippen LogP contribution in [0.1, 0.15) is 5.56 Å². The molecule has 0 unspecified atom stereocenters. The molecule has 3 N–H and O–H groups in total. The van der Waals surface area contributed by atoms with Crippen molar-refractivity contribution in [2.24, 2.45) is 0 Å². The van der Waals surface area contributed by atoms with Gasteiger partial charge in [-0.25, -0.2) is 0 Å². The molecule has 0 aliphatic rings. The number of hydrogen-bond donors (Lipinski definition) is 1. The fraction of sp³-hybridized carbons (Fsp3) is 0.400. The van der Waals surface area contributed by atoms with E-state index >= 15 is 0 Å². The van der Waals surface area contributed by atoms with Gasteiger partial charge in [0.25, 0.3) is 0 Å². The van der Waals surface area contributed by atoms with Crippen LogP contribution in [0.5, 0.6) is 17.2 Å². The molecule has 4 nitrogen and oxygen atoms in total. The Morgan fingerprint density at radius 2 is 1.64 bits per heavy atom. The predicted molar refractivity (Wildman–Crippen MR) is 52.7 cm³/mol. The first-order chi connectivity index (χ1) is 6.78. The molecule has 0 amide bonds. The first-order valence-corrected chi connectivity index (χ1v) is 4.35. The summed E-state index contributed by atoms with van der Waals surface area (Å²) < 4.78 is 15.6. The number of hydrogen-bond acceptors (Lipinski definition) is 3. The Morgan fingerprint density at radius 1 is 1.00 bits per heavy atom. The van der Waals surface area contributed by atoms with E-state index in [2.05, 4.69) is 5.73 Å². The smallest absolute Gasteiger partial charge is 0.203 e. The standard InChI is InChI=1S/C10H15NO3/c1-12-8-5-4-7(6-11)9(13-2)10(8)14-3/h4-5H,6,11H2,1-3H3/p+1. The minimum Gasteiger partial charge on any atom is -0.493 e. The summed E-state index contributed by atoms with van der Waals surface area (Å²) in [6, 6.07) is 3.77. The Kier molecular flexibility index (Phi) is 3.59. The zero-order chi connectivity index (χ0) is 10.6. The van der Waals surface area contributed by atoms with E-state index in [4.69, 9.17) is 14.2 Å².